The summed E-state index contributed by atoms with van der Waals surface area (Å²) in [6.45, 7) is 2.33. The van der Waals surface area contributed by atoms with Crippen molar-refractivity contribution in [2.45, 2.75) is 6.92 Å². The van der Waals surface area contributed by atoms with Gasteiger partial charge in [0.1, 0.15) is 17.8 Å². The Kier molecular flexibility index (Phi) is 4.02. The van der Waals surface area contributed by atoms with Gasteiger partial charge >= 0.3 is 0 Å². The summed E-state index contributed by atoms with van der Waals surface area (Å²) in [7, 11) is 1.60. The highest BCUT2D eigenvalue weighted by atomic mass is 16.5. The van der Waals surface area contributed by atoms with E-state index in [0.29, 0.717) is 18.2 Å². The average Bonchev–Trinajstić information content (AvgIpc) is 2.44. The average molecular weight is 261 g/mol. The van der Waals surface area contributed by atoms with Crippen LogP contribution in [-0.4, -0.2) is 23.7 Å². The molecule has 1 heterocycles. The lowest BCUT2D eigenvalue weighted by molar-refractivity contribution is 0.325. The van der Waals surface area contributed by atoms with Gasteiger partial charge in [-0.15, -0.1) is 0 Å². The van der Waals surface area contributed by atoms with E-state index in [-0.39, 0.29) is 11.6 Å². The first-order valence-electron chi connectivity index (χ1n) is 5.79. The van der Waals surface area contributed by atoms with E-state index in [0.717, 1.165) is 5.75 Å². The van der Waals surface area contributed by atoms with Crippen LogP contribution in [0.15, 0.2) is 30.6 Å². The van der Waals surface area contributed by atoms with Crippen LogP contribution >= 0.6 is 0 Å². The highest BCUT2D eigenvalue weighted by Crippen LogP contribution is 2.31. The Morgan fingerprint density at radius 2 is 1.68 bits per heavy atom. The van der Waals surface area contributed by atoms with Crippen molar-refractivity contribution < 1.29 is 14.2 Å². The van der Waals surface area contributed by atoms with E-state index in [4.69, 9.17) is 19.9 Å². The highest BCUT2D eigenvalue weighted by molar-refractivity contribution is 5.56. The van der Waals surface area contributed by atoms with Crippen LogP contribution in [0.4, 0.5) is 5.69 Å². The standard InChI is InChI=1S/C13H15N3O3/c1-3-18-12-11(14)13(16-8-15-12)19-10-6-4-9(17-2)5-7-10/h4-8H,3,14H2,1-2H3. The fraction of sp³-hybridized carbons (Fsp3) is 0.231. The van der Waals surface area contributed by atoms with Gasteiger partial charge in [-0.05, 0) is 31.2 Å². The van der Waals surface area contributed by atoms with E-state index >= 15 is 0 Å². The normalized spacial score (nSPS) is 10.0. The van der Waals surface area contributed by atoms with Crippen molar-refractivity contribution in [3.63, 3.8) is 0 Å². The molecule has 2 aromatic rings. The number of nitrogens with two attached hydrogens (primary N) is 1. The molecule has 0 bridgehead atoms. The first-order chi connectivity index (χ1) is 9.24. The van der Waals surface area contributed by atoms with Crippen LogP contribution in [0.1, 0.15) is 6.92 Å². The van der Waals surface area contributed by atoms with Crippen LogP contribution in [0.25, 0.3) is 0 Å². The minimum absolute atomic E-state index is 0.267. The number of nitrogen functional groups attached to an aromatic ring is 1. The fourth-order valence-corrected chi connectivity index (χ4v) is 1.45. The zero-order chi connectivity index (χ0) is 13.7. The summed E-state index contributed by atoms with van der Waals surface area (Å²) < 4.78 is 15.9. The molecule has 0 aliphatic rings. The first kappa shape index (κ1) is 12.9. The second kappa shape index (κ2) is 5.90. The van der Waals surface area contributed by atoms with Gasteiger partial charge in [-0.3, -0.25) is 0 Å². The van der Waals surface area contributed by atoms with Crippen LogP contribution in [0, 0.1) is 0 Å². The van der Waals surface area contributed by atoms with E-state index in [2.05, 4.69) is 9.97 Å². The highest BCUT2D eigenvalue weighted by Gasteiger charge is 2.11. The van der Waals surface area contributed by atoms with E-state index in [1.54, 1.807) is 31.4 Å². The van der Waals surface area contributed by atoms with Crippen LogP contribution in [0.5, 0.6) is 23.3 Å². The maximum absolute atomic E-state index is 5.87. The van der Waals surface area contributed by atoms with Gasteiger partial charge in [0.25, 0.3) is 0 Å². The minimum Gasteiger partial charge on any atom is -0.497 e. The fourth-order valence-electron chi connectivity index (χ4n) is 1.45. The largest absolute Gasteiger partial charge is 0.497 e. The van der Waals surface area contributed by atoms with Crippen LogP contribution in [0.2, 0.25) is 0 Å². The van der Waals surface area contributed by atoms with Gasteiger partial charge in [0, 0.05) is 0 Å². The monoisotopic (exact) mass is 261 g/mol. The molecule has 2 rings (SSSR count). The van der Waals surface area contributed by atoms with E-state index < -0.39 is 0 Å². The predicted octanol–water partition coefficient (Wildman–Crippen LogP) is 2.26. The molecule has 6 heteroatoms. The number of hydrogen-bond acceptors (Lipinski definition) is 6. The molecule has 0 fully saturated rings. The van der Waals surface area contributed by atoms with Crippen LogP contribution in [-0.2, 0) is 0 Å². The van der Waals surface area contributed by atoms with E-state index in [1.165, 1.54) is 6.33 Å². The lowest BCUT2D eigenvalue weighted by Crippen LogP contribution is -2.02. The number of rotatable bonds is 5. The molecule has 0 aliphatic heterocycles. The maximum Gasteiger partial charge on any atom is 0.249 e. The van der Waals surface area contributed by atoms with Gasteiger partial charge in [0.15, 0.2) is 5.69 Å². The topological polar surface area (TPSA) is 79.5 Å². The molecule has 0 saturated carbocycles. The molecule has 0 aliphatic carbocycles. The van der Waals surface area contributed by atoms with Gasteiger partial charge in [-0.1, -0.05) is 0 Å². The van der Waals surface area contributed by atoms with Crippen molar-refractivity contribution in [3.05, 3.63) is 30.6 Å². The Morgan fingerprint density at radius 1 is 1.05 bits per heavy atom. The Hall–Kier alpha value is -2.50. The van der Waals surface area contributed by atoms with Gasteiger partial charge in [0.05, 0.1) is 13.7 Å². The molecule has 0 spiro atoms. The van der Waals surface area contributed by atoms with Crippen LogP contribution in [0.3, 0.4) is 0 Å². The number of aromatic nitrogens is 2. The maximum atomic E-state index is 5.87. The minimum atomic E-state index is 0.267. The zero-order valence-electron chi connectivity index (χ0n) is 10.8. The van der Waals surface area contributed by atoms with Crippen molar-refractivity contribution >= 4 is 5.69 Å². The van der Waals surface area contributed by atoms with Crippen molar-refractivity contribution in [1.82, 2.24) is 9.97 Å². The number of methoxy groups -OCH3 is 1. The summed E-state index contributed by atoms with van der Waals surface area (Å²) in [4.78, 5) is 7.93. The Bertz CT molecular complexity index is 543. The molecule has 19 heavy (non-hydrogen) atoms. The third kappa shape index (κ3) is 3.04. The number of benzene rings is 1. The number of ether oxygens (including phenoxy) is 3. The molecule has 0 radical (unpaired) electrons. The molecule has 1 aromatic heterocycles. The molecular formula is C13H15N3O3. The first-order valence-corrected chi connectivity index (χ1v) is 5.79. The Labute approximate surface area is 111 Å². The van der Waals surface area contributed by atoms with Crippen molar-refractivity contribution in [1.29, 1.82) is 0 Å². The SMILES string of the molecule is CCOc1ncnc(Oc2ccc(OC)cc2)c1N. The van der Waals surface area contributed by atoms with E-state index in [9.17, 15) is 0 Å². The molecule has 0 amide bonds. The Morgan fingerprint density at radius 3 is 2.32 bits per heavy atom. The smallest absolute Gasteiger partial charge is 0.249 e. The summed E-state index contributed by atoms with van der Waals surface area (Å²) in [5.41, 5.74) is 6.15. The second-order valence-corrected chi connectivity index (χ2v) is 3.61. The van der Waals surface area contributed by atoms with E-state index in [1.807, 2.05) is 6.92 Å². The van der Waals surface area contributed by atoms with Crippen molar-refractivity contribution in [2.24, 2.45) is 0 Å². The van der Waals surface area contributed by atoms with Gasteiger partial charge in [-0.2, -0.15) is 9.97 Å². The second-order valence-electron chi connectivity index (χ2n) is 3.61. The van der Waals surface area contributed by atoms with Crippen LogP contribution < -0.4 is 19.9 Å². The Balaban J connectivity index is 2.20. The lowest BCUT2D eigenvalue weighted by atomic mass is 10.3. The van der Waals surface area contributed by atoms with Crippen molar-refractivity contribution in [3.8, 4) is 23.3 Å². The number of nitrogens with zero attached hydrogens (tertiary/aromatic N) is 2. The number of anilines is 1. The molecular weight excluding hydrogens is 246 g/mol. The molecule has 0 atom stereocenters. The van der Waals surface area contributed by atoms with Gasteiger partial charge in [-0.25, -0.2) is 0 Å². The molecule has 0 unspecified atom stereocenters. The summed E-state index contributed by atoms with van der Waals surface area (Å²) in [5, 5.41) is 0. The van der Waals surface area contributed by atoms with Gasteiger partial charge in [0.2, 0.25) is 11.8 Å². The summed E-state index contributed by atoms with van der Waals surface area (Å²) in [5.74, 6) is 1.94. The molecule has 1 aromatic carbocycles. The van der Waals surface area contributed by atoms with Crippen molar-refractivity contribution in [2.75, 3.05) is 19.5 Å². The summed E-state index contributed by atoms with van der Waals surface area (Å²) in [6, 6.07) is 7.10. The quantitative estimate of drug-likeness (QED) is 0.889. The third-order valence-electron chi connectivity index (χ3n) is 2.37. The molecule has 0 saturated heterocycles. The summed E-state index contributed by atoms with van der Waals surface area (Å²) in [6.07, 6.45) is 1.35. The lowest BCUT2D eigenvalue weighted by Gasteiger charge is -2.10. The number of hydrogen-bond donors (Lipinski definition) is 1. The zero-order valence-corrected chi connectivity index (χ0v) is 10.8. The summed E-state index contributed by atoms with van der Waals surface area (Å²) >= 11 is 0. The third-order valence-corrected chi connectivity index (χ3v) is 2.37. The molecule has 100 valence electrons. The van der Waals surface area contributed by atoms with Gasteiger partial charge < -0.3 is 19.9 Å². The molecule has 2 N–H and O–H groups in total. The molecule has 6 nitrogen and oxygen atoms in total. The predicted molar refractivity (Wildman–Crippen MR) is 70.7 cm³/mol.